The van der Waals surface area contributed by atoms with Gasteiger partial charge >= 0.3 is 0 Å². The number of carbonyl (C=O) groups excluding carboxylic acids is 1. The highest BCUT2D eigenvalue weighted by molar-refractivity contribution is 9.09. The Balaban J connectivity index is 3.46. The van der Waals surface area contributed by atoms with Crippen LogP contribution < -0.4 is 0 Å². The molecule has 48 valence electrons. The van der Waals surface area contributed by atoms with Gasteiger partial charge in [-0.2, -0.15) is 0 Å². The Labute approximate surface area is 56.7 Å². The van der Waals surface area contributed by atoms with E-state index in [1.54, 1.807) is 7.05 Å². The number of halogens is 1. The molecule has 0 heterocycles. The molecule has 0 aliphatic heterocycles. The van der Waals surface area contributed by atoms with E-state index in [0.717, 1.165) is 5.06 Å². The summed E-state index contributed by atoms with van der Waals surface area (Å²) in [5.41, 5.74) is 0. The van der Waals surface area contributed by atoms with Crippen molar-refractivity contribution in [2.75, 3.05) is 19.5 Å². The van der Waals surface area contributed by atoms with E-state index in [4.69, 9.17) is 0 Å². The molecule has 0 unspecified atom stereocenters. The van der Waals surface area contributed by atoms with Crippen molar-refractivity contribution in [3.05, 3.63) is 0 Å². The van der Waals surface area contributed by atoms with E-state index in [2.05, 4.69) is 20.8 Å². The van der Waals surface area contributed by atoms with Gasteiger partial charge in [-0.1, -0.05) is 15.9 Å². The van der Waals surface area contributed by atoms with Crippen LogP contribution in [0.4, 0.5) is 0 Å². The summed E-state index contributed by atoms with van der Waals surface area (Å²) in [7, 11) is 3.00. The first-order valence-electron chi connectivity index (χ1n) is 2.09. The van der Waals surface area contributed by atoms with Crippen LogP contribution in [0.5, 0.6) is 0 Å². The zero-order chi connectivity index (χ0) is 6.57. The number of hydroxylamine groups is 2. The van der Waals surface area contributed by atoms with Crippen LogP contribution in [0.2, 0.25) is 0 Å². The smallest absolute Gasteiger partial charge is 0.256 e. The fourth-order valence-electron chi connectivity index (χ4n) is 0.186. The summed E-state index contributed by atoms with van der Waals surface area (Å²) in [5.74, 6) is -0.0903. The third-order valence-electron chi connectivity index (χ3n) is 0.739. The van der Waals surface area contributed by atoms with Crippen LogP contribution in [0, 0.1) is 0 Å². The maximum Gasteiger partial charge on any atom is 0.256 e. The Kier molecular flexibility index (Phi) is 3.81. The number of nitrogens with zero attached hydrogens (tertiary/aromatic N) is 1. The summed E-state index contributed by atoms with van der Waals surface area (Å²) in [6.45, 7) is 0. The molecule has 0 rings (SSSR count). The summed E-state index contributed by atoms with van der Waals surface area (Å²) in [4.78, 5) is 15.1. The minimum atomic E-state index is -0.0903. The minimum absolute atomic E-state index is 0.0903. The van der Waals surface area contributed by atoms with Crippen molar-refractivity contribution in [2.24, 2.45) is 0 Å². The maximum atomic E-state index is 10.5. The second kappa shape index (κ2) is 3.86. The molecule has 4 heteroatoms. The first-order valence-corrected chi connectivity index (χ1v) is 3.21. The van der Waals surface area contributed by atoms with Crippen molar-refractivity contribution >= 4 is 21.8 Å². The topological polar surface area (TPSA) is 29.5 Å². The Morgan fingerprint density at radius 1 is 1.88 bits per heavy atom. The van der Waals surface area contributed by atoms with Gasteiger partial charge in [0.05, 0.1) is 12.4 Å². The van der Waals surface area contributed by atoms with Gasteiger partial charge in [0.2, 0.25) is 0 Å². The van der Waals surface area contributed by atoms with Crippen molar-refractivity contribution in [1.29, 1.82) is 0 Å². The molecule has 0 bridgehead atoms. The van der Waals surface area contributed by atoms with Gasteiger partial charge < -0.3 is 0 Å². The molecule has 8 heavy (non-hydrogen) atoms. The predicted molar refractivity (Wildman–Crippen MR) is 33.6 cm³/mol. The summed E-state index contributed by atoms with van der Waals surface area (Å²) in [6, 6.07) is 0. The third kappa shape index (κ3) is 2.28. The SMILES string of the molecule is CON(C)C(=O)CBr. The van der Waals surface area contributed by atoms with Crippen LogP contribution in [0.1, 0.15) is 0 Å². The molecular weight excluding hydrogens is 174 g/mol. The average Bonchev–Trinajstić information content (AvgIpc) is 1.84. The molecule has 0 aromatic rings. The van der Waals surface area contributed by atoms with Crippen LogP contribution in [0.25, 0.3) is 0 Å². The quantitative estimate of drug-likeness (QED) is 0.457. The predicted octanol–water partition coefficient (Wildman–Crippen LogP) is 0.401. The second-order valence-corrected chi connectivity index (χ2v) is 1.77. The lowest BCUT2D eigenvalue weighted by molar-refractivity contribution is -0.165. The monoisotopic (exact) mass is 181 g/mol. The molecule has 1 amide bonds. The minimum Gasteiger partial charge on any atom is -0.275 e. The highest BCUT2D eigenvalue weighted by Crippen LogP contribution is 1.87. The van der Waals surface area contributed by atoms with Gasteiger partial charge in [-0.25, -0.2) is 5.06 Å². The molecule has 0 atom stereocenters. The van der Waals surface area contributed by atoms with Crippen LogP contribution in [0.3, 0.4) is 0 Å². The van der Waals surface area contributed by atoms with Crippen LogP contribution in [-0.2, 0) is 9.63 Å². The molecule has 0 fully saturated rings. The Morgan fingerprint density at radius 2 is 2.38 bits per heavy atom. The molecule has 0 N–H and O–H groups in total. The molecule has 0 aromatic heterocycles. The maximum absolute atomic E-state index is 10.5. The first-order chi connectivity index (χ1) is 3.72. The molecule has 0 radical (unpaired) electrons. The Hall–Kier alpha value is -0.0900. The number of alkyl halides is 1. The normalized spacial score (nSPS) is 8.88. The highest BCUT2D eigenvalue weighted by atomic mass is 79.9. The van der Waals surface area contributed by atoms with Crippen LogP contribution in [0.15, 0.2) is 0 Å². The second-order valence-electron chi connectivity index (χ2n) is 1.21. The number of carbonyl (C=O) groups is 1. The fourth-order valence-corrected chi connectivity index (χ4v) is 0.539. The zero-order valence-electron chi connectivity index (χ0n) is 4.85. The molecule has 3 nitrogen and oxygen atoms in total. The van der Waals surface area contributed by atoms with E-state index in [-0.39, 0.29) is 5.91 Å². The standard InChI is InChI=1S/C4H8BrNO2/c1-6(8-2)4(7)3-5/h3H2,1-2H3. The summed E-state index contributed by atoms with van der Waals surface area (Å²) < 4.78 is 0. The van der Waals surface area contributed by atoms with Gasteiger partial charge in [-0.05, 0) is 0 Å². The van der Waals surface area contributed by atoms with E-state index in [1.807, 2.05) is 0 Å². The van der Waals surface area contributed by atoms with Gasteiger partial charge in [-0.15, -0.1) is 0 Å². The molecule has 0 spiro atoms. The van der Waals surface area contributed by atoms with E-state index in [0.29, 0.717) is 5.33 Å². The summed E-state index contributed by atoms with van der Waals surface area (Å²) >= 11 is 2.98. The Bertz CT molecular complexity index is 86.1. The lowest BCUT2D eigenvalue weighted by atomic mass is 10.7. The van der Waals surface area contributed by atoms with E-state index in [9.17, 15) is 4.79 Å². The van der Waals surface area contributed by atoms with E-state index < -0.39 is 0 Å². The van der Waals surface area contributed by atoms with Crippen molar-refractivity contribution < 1.29 is 9.63 Å². The molecule has 0 aliphatic rings. The van der Waals surface area contributed by atoms with Crippen LogP contribution in [-0.4, -0.2) is 30.5 Å². The van der Waals surface area contributed by atoms with Crippen molar-refractivity contribution in [3.63, 3.8) is 0 Å². The summed E-state index contributed by atoms with van der Waals surface area (Å²) in [5, 5.41) is 1.46. The first kappa shape index (κ1) is 7.91. The summed E-state index contributed by atoms with van der Waals surface area (Å²) in [6.07, 6.45) is 0. The molecule has 0 saturated carbocycles. The molecule has 0 aromatic carbocycles. The Morgan fingerprint density at radius 3 is 2.50 bits per heavy atom. The largest absolute Gasteiger partial charge is 0.275 e. The lowest BCUT2D eigenvalue weighted by Crippen LogP contribution is -2.25. The number of hydrogen-bond donors (Lipinski definition) is 0. The van der Waals surface area contributed by atoms with Crippen LogP contribution >= 0.6 is 15.9 Å². The average molecular weight is 182 g/mol. The number of hydrogen-bond acceptors (Lipinski definition) is 2. The fraction of sp³-hybridized carbons (Fsp3) is 0.750. The molecular formula is C4H8BrNO2. The highest BCUT2D eigenvalue weighted by Gasteiger charge is 2.02. The molecule has 0 aliphatic carbocycles. The van der Waals surface area contributed by atoms with Gasteiger partial charge in [-0.3, -0.25) is 9.63 Å². The zero-order valence-corrected chi connectivity index (χ0v) is 6.43. The molecule has 0 saturated heterocycles. The third-order valence-corrected chi connectivity index (χ3v) is 1.22. The van der Waals surface area contributed by atoms with Gasteiger partial charge in [0.25, 0.3) is 5.91 Å². The van der Waals surface area contributed by atoms with Crippen molar-refractivity contribution in [1.82, 2.24) is 5.06 Å². The lowest BCUT2D eigenvalue weighted by Gasteiger charge is -2.10. The number of rotatable bonds is 2. The van der Waals surface area contributed by atoms with E-state index >= 15 is 0 Å². The van der Waals surface area contributed by atoms with Crippen molar-refractivity contribution in [2.45, 2.75) is 0 Å². The van der Waals surface area contributed by atoms with Gasteiger partial charge in [0, 0.05) is 7.05 Å². The van der Waals surface area contributed by atoms with Crippen molar-refractivity contribution in [3.8, 4) is 0 Å². The number of amides is 1. The van der Waals surface area contributed by atoms with E-state index in [1.165, 1.54) is 7.11 Å². The van der Waals surface area contributed by atoms with Gasteiger partial charge in [0.15, 0.2) is 0 Å². The van der Waals surface area contributed by atoms with Gasteiger partial charge in [0.1, 0.15) is 0 Å².